The maximum absolute atomic E-state index is 12.3. The van der Waals surface area contributed by atoms with Crippen LogP contribution in [0.1, 0.15) is 10.4 Å². The Morgan fingerprint density at radius 1 is 1.42 bits per heavy atom. The molecule has 1 saturated heterocycles. The van der Waals surface area contributed by atoms with Crippen molar-refractivity contribution in [1.29, 1.82) is 0 Å². The molecule has 1 aliphatic heterocycles. The number of carbonyl (C=O) groups is 1. The van der Waals surface area contributed by atoms with Gasteiger partial charge in [0.2, 0.25) is 0 Å². The van der Waals surface area contributed by atoms with E-state index < -0.39 is 0 Å². The van der Waals surface area contributed by atoms with Crippen molar-refractivity contribution >= 4 is 27.3 Å². The summed E-state index contributed by atoms with van der Waals surface area (Å²) in [7, 11) is 1.68. The van der Waals surface area contributed by atoms with Crippen LogP contribution in [-0.4, -0.2) is 38.3 Å². The van der Waals surface area contributed by atoms with Gasteiger partial charge in [0, 0.05) is 35.7 Å². The van der Waals surface area contributed by atoms with Crippen LogP contribution in [0, 0.1) is 0 Å². The average Bonchev–Trinajstić information content (AvgIpc) is 3.04. The van der Waals surface area contributed by atoms with Crippen LogP contribution in [0.5, 0.6) is 0 Å². The third-order valence-electron chi connectivity index (χ3n) is 3.50. The predicted molar refractivity (Wildman–Crippen MR) is 76.7 cm³/mol. The number of thiophene rings is 1. The van der Waals surface area contributed by atoms with Gasteiger partial charge in [-0.3, -0.25) is 4.79 Å². The molecule has 4 nitrogen and oxygen atoms in total. The number of fused-ring (bicyclic) bond motifs is 1. The van der Waals surface area contributed by atoms with E-state index in [1.54, 1.807) is 18.4 Å². The first-order chi connectivity index (χ1) is 9.29. The Kier molecular flexibility index (Phi) is 3.50. The molecule has 0 spiro atoms. The van der Waals surface area contributed by atoms with Gasteiger partial charge in [0.15, 0.2) is 0 Å². The number of ether oxygens (including phenoxy) is 1. The fraction of sp³-hybridized carbons (Fsp3) is 0.357. The molecule has 2 N–H and O–H groups in total. The fourth-order valence-corrected chi connectivity index (χ4v) is 3.39. The van der Waals surface area contributed by atoms with E-state index in [-0.39, 0.29) is 18.1 Å². The lowest BCUT2D eigenvalue weighted by atomic mass is 10.1. The van der Waals surface area contributed by atoms with Gasteiger partial charge in [-0.15, -0.1) is 11.3 Å². The SMILES string of the molecule is CO[C@H]1CNC[C@@H]1NC(=O)c1csc2ccccc12. The first-order valence-electron chi connectivity index (χ1n) is 6.30. The zero-order valence-electron chi connectivity index (χ0n) is 10.7. The number of rotatable bonds is 3. The van der Waals surface area contributed by atoms with E-state index in [4.69, 9.17) is 4.74 Å². The second-order valence-electron chi connectivity index (χ2n) is 4.66. The van der Waals surface area contributed by atoms with Crippen molar-refractivity contribution in [2.45, 2.75) is 12.1 Å². The quantitative estimate of drug-likeness (QED) is 0.895. The van der Waals surface area contributed by atoms with Crippen LogP contribution in [0.15, 0.2) is 29.6 Å². The number of hydrogen-bond donors (Lipinski definition) is 2. The van der Waals surface area contributed by atoms with E-state index in [0.29, 0.717) is 0 Å². The van der Waals surface area contributed by atoms with Crippen molar-refractivity contribution in [3.63, 3.8) is 0 Å². The molecule has 19 heavy (non-hydrogen) atoms. The van der Waals surface area contributed by atoms with Crippen molar-refractivity contribution in [3.8, 4) is 0 Å². The molecular formula is C14H16N2O2S. The molecule has 2 heterocycles. The van der Waals surface area contributed by atoms with Crippen LogP contribution in [0.25, 0.3) is 10.1 Å². The van der Waals surface area contributed by atoms with Gasteiger partial charge < -0.3 is 15.4 Å². The summed E-state index contributed by atoms with van der Waals surface area (Å²) >= 11 is 1.60. The highest BCUT2D eigenvalue weighted by molar-refractivity contribution is 7.17. The minimum Gasteiger partial charge on any atom is -0.378 e. The van der Waals surface area contributed by atoms with Gasteiger partial charge in [-0.25, -0.2) is 0 Å². The minimum absolute atomic E-state index is 0.0202. The number of hydrogen-bond acceptors (Lipinski definition) is 4. The van der Waals surface area contributed by atoms with Gasteiger partial charge in [-0.1, -0.05) is 18.2 Å². The van der Waals surface area contributed by atoms with Gasteiger partial charge in [-0.05, 0) is 6.07 Å². The third-order valence-corrected chi connectivity index (χ3v) is 4.47. The summed E-state index contributed by atoms with van der Waals surface area (Å²) in [5, 5.41) is 9.22. The Balaban J connectivity index is 1.80. The summed E-state index contributed by atoms with van der Waals surface area (Å²) in [5.41, 5.74) is 0.752. The minimum atomic E-state index is -0.0202. The molecule has 1 aromatic carbocycles. The maximum atomic E-state index is 12.3. The van der Waals surface area contributed by atoms with Gasteiger partial charge in [0.05, 0.1) is 17.7 Å². The van der Waals surface area contributed by atoms with Gasteiger partial charge in [0.25, 0.3) is 5.91 Å². The van der Waals surface area contributed by atoms with E-state index >= 15 is 0 Å². The molecule has 2 atom stereocenters. The summed E-state index contributed by atoms with van der Waals surface area (Å²) < 4.78 is 6.49. The maximum Gasteiger partial charge on any atom is 0.253 e. The van der Waals surface area contributed by atoms with Gasteiger partial charge in [-0.2, -0.15) is 0 Å². The predicted octanol–water partition coefficient (Wildman–Crippen LogP) is 1.62. The Morgan fingerprint density at radius 2 is 2.26 bits per heavy atom. The molecule has 0 unspecified atom stereocenters. The largest absolute Gasteiger partial charge is 0.378 e. The normalized spacial score (nSPS) is 22.8. The highest BCUT2D eigenvalue weighted by atomic mass is 32.1. The topological polar surface area (TPSA) is 50.4 Å². The smallest absolute Gasteiger partial charge is 0.253 e. The summed E-state index contributed by atoms with van der Waals surface area (Å²) in [6.45, 7) is 1.54. The monoisotopic (exact) mass is 276 g/mol. The fourth-order valence-electron chi connectivity index (χ4n) is 2.45. The van der Waals surface area contributed by atoms with Crippen LogP contribution in [0.4, 0.5) is 0 Å². The second-order valence-corrected chi connectivity index (χ2v) is 5.57. The lowest BCUT2D eigenvalue weighted by Gasteiger charge is -2.18. The van der Waals surface area contributed by atoms with Crippen molar-refractivity contribution in [2.24, 2.45) is 0 Å². The van der Waals surface area contributed by atoms with Gasteiger partial charge in [0.1, 0.15) is 0 Å². The zero-order valence-corrected chi connectivity index (χ0v) is 11.5. The molecule has 3 rings (SSSR count). The van der Waals surface area contributed by atoms with Crippen molar-refractivity contribution in [2.75, 3.05) is 20.2 Å². The number of amides is 1. The molecular weight excluding hydrogens is 260 g/mol. The van der Waals surface area contributed by atoms with Crippen LogP contribution in [0.3, 0.4) is 0 Å². The molecule has 100 valence electrons. The molecule has 0 saturated carbocycles. The lowest BCUT2D eigenvalue weighted by molar-refractivity contribution is 0.0781. The number of benzene rings is 1. The van der Waals surface area contributed by atoms with E-state index in [1.165, 1.54) is 0 Å². The number of carbonyl (C=O) groups excluding carboxylic acids is 1. The second kappa shape index (κ2) is 5.28. The summed E-state index contributed by atoms with van der Waals surface area (Å²) in [5.74, 6) is -0.0202. The highest BCUT2D eigenvalue weighted by Crippen LogP contribution is 2.25. The van der Waals surface area contributed by atoms with Crippen molar-refractivity contribution < 1.29 is 9.53 Å². The van der Waals surface area contributed by atoms with Crippen LogP contribution < -0.4 is 10.6 Å². The van der Waals surface area contributed by atoms with Crippen LogP contribution in [0.2, 0.25) is 0 Å². The average molecular weight is 276 g/mol. The highest BCUT2D eigenvalue weighted by Gasteiger charge is 2.28. The molecule has 0 aliphatic carbocycles. The molecule has 1 fully saturated rings. The molecule has 5 heteroatoms. The lowest BCUT2D eigenvalue weighted by Crippen LogP contribution is -2.43. The molecule has 2 aromatic rings. The van der Waals surface area contributed by atoms with Gasteiger partial charge >= 0.3 is 0 Å². The zero-order chi connectivity index (χ0) is 13.2. The number of nitrogens with one attached hydrogen (secondary N) is 2. The van der Waals surface area contributed by atoms with Crippen molar-refractivity contribution in [3.05, 3.63) is 35.2 Å². The first-order valence-corrected chi connectivity index (χ1v) is 7.18. The van der Waals surface area contributed by atoms with E-state index in [1.807, 2.05) is 29.6 Å². The van der Waals surface area contributed by atoms with E-state index in [2.05, 4.69) is 10.6 Å². The molecule has 1 aliphatic rings. The van der Waals surface area contributed by atoms with Crippen molar-refractivity contribution in [1.82, 2.24) is 10.6 Å². The molecule has 1 amide bonds. The summed E-state index contributed by atoms with van der Waals surface area (Å²) in [6.07, 6.45) is 0.0499. The standard InChI is InChI=1S/C14H16N2O2S/c1-18-12-7-15-6-11(12)16-14(17)10-8-19-13-5-3-2-4-9(10)13/h2-5,8,11-12,15H,6-7H2,1H3,(H,16,17)/t11-,12-/m0/s1. The Hall–Kier alpha value is -1.43. The molecule has 0 bridgehead atoms. The number of methoxy groups -OCH3 is 1. The Labute approximate surface area is 115 Å². The summed E-state index contributed by atoms with van der Waals surface area (Å²) in [6, 6.07) is 8.01. The van der Waals surface area contributed by atoms with E-state index in [0.717, 1.165) is 28.7 Å². The van der Waals surface area contributed by atoms with Crippen LogP contribution >= 0.6 is 11.3 Å². The van der Waals surface area contributed by atoms with E-state index in [9.17, 15) is 4.79 Å². The molecule has 1 aromatic heterocycles. The third kappa shape index (κ3) is 2.36. The van der Waals surface area contributed by atoms with Crippen LogP contribution in [-0.2, 0) is 4.74 Å². The first kappa shape index (κ1) is 12.6. The summed E-state index contributed by atoms with van der Waals surface area (Å²) in [4.78, 5) is 12.3. The Bertz CT molecular complexity index is 596. The molecule has 0 radical (unpaired) electrons. The Morgan fingerprint density at radius 3 is 3.11 bits per heavy atom.